The molecule has 1 aliphatic rings. The first kappa shape index (κ1) is 24.6. The fraction of sp³-hybridized carbons (Fsp3) is 0.400. The monoisotopic (exact) mass is 455 g/mol. The van der Waals surface area contributed by atoms with Crippen molar-refractivity contribution in [2.75, 3.05) is 4.90 Å². The van der Waals surface area contributed by atoms with E-state index in [9.17, 15) is 0 Å². The third-order valence-corrected chi connectivity index (χ3v) is 7.20. The smallest absolute Gasteiger partial charge is 0.399 e. The van der Waals surface area contributed by atoms with Crippen molar-refractivity contribution < 1.29 is 9.31 Å². The molecule has 1 saturated heterocycles. The van der Waals surface area contributed by atoms with Gasteiger partial charge in [-0.3, -0.25) is 0 Å². The lowest BCUT2D eigenvalue weighted by atomic mass is 9.79. The molecule has 0 spiro atoms. The maximum Gasteiger partial charge on any atom is 0.494 e. The molecule has 0 radical (unpaired) electrons. The Kier molecular flexibility index (Phi) is 7.49. The first-order valence-corrected chi connectivity index (χ1v) is 12.7. The third kappa shape index (κ3) is 5.40. The molecule has 1 heterocycles. The standard InChI is InChI=1S/C30H38BNO2/c1-6-7-8-10-13-24-16-20-27(21-17-24)32(26-14-11-9-12-15-26)28-22-18-25(19-23-28)31-33-29(2,3)30(4,5)34-31/h9,11-12,14-23H,6-8,10,13H2,1-5H3. The summed E-state index contributed by atoms with van der Waals surface area (Å²) >= 11 is 0. The third-order valence-electron chi connectivity index (χ3n) is 7.20. The fourth-order valence-electron chi connectivity index (χ4n) is 4.35. The number of hydrogen-bond acceptors (Lipinski definition) is 3. The van der Waals surface area contributed by atoms with Crippen LogP contribution < -0.4 is 10.4 Å². The molecule has 4 heteroatoms. The van der Waals surface area contributed by atoms with E-state index in [2.05, 4.69) is 118 Å². The molecule has 1 aliphatic heterocycles. The number of anilines is 3. The molecular formula is C30H38BNO2. The SMILES string of the molecule is CCCCCCc1ccc(N(c2ccccc2)c2ccc(B3OC(C)(C)C(C)(C)O3)cc2)cc1. The summed E-state index contributed by atoms with van der Waals surface area (Å²) in [6.07, 6.45) is 6.31. The van der Waals surface area contributed by atoms with Gasteiger partial charge in [-0.1, -0.05) is 68.7 Å². The molecule has 0 amide bonds. The second-order valence-electron chi connectivity index (χ2n) is 10.3. The van der Waals surface area contributed by atoms with Gasteiger partial charge >= 0.3 is 7.12 Å². The van der Waals surface area contributed by atoms with Crippen molar-refractivity contribution in [3.8, 4) is 0 Å². The molecule has 3 aromatic rings. The zero-order valence-corrected chi connectivity index (χ0v) is 21.4. The molecule has 0 unspecified atom stereocenters. The van der Waals surface area contributed by atoms with Gasteiger partial charge in [0.25, 0.3) is 0 Å². The highest BCUT2D eigenvalue weighted by molar-refractivity contribution is 6.62. The zero-order valence-electron chi connectivity index (χ0n) is 21.4. The highest BCUT2D eigenvalue weighted by Crippen LogP contribution is 2.37. The molecule has 0 aromatic heterocycles. The summed E-state index contributed by atoms with van der Waals surface area (Å²) in [5.74, 6) is 0. The lowest BCUT2D eigenvalue weighted by molar-refractivity contribution is 0.00578. The van der Waals surface area contributed by atoms with Gasteiger partial charge in [-0.05, 0) is 88.0 Å². The Morgan fingerprint density at radius 1 is 0.647 bits per heavy atom. The molecule has 34 heavy (non-hydrogen) atoms. The summed E-state index contributed by atoms with van der Waals surface area (Å²) in [6, 6.07) is 28.1. The van der Waals surface area contributed by atoms with E-state index in [0.717, 1.165) is 28.9 Å². The van der Waals surface area contributed by atoms with E-state index >= 15 is 0 Å². The number of unbranched alkanes of at least 4 members (excludes halogenated alkanes) is 3. The second-order valence-corrected chi connectivity index (χ2v) is 10.3. The molecular weight excluding hydrogens is 417 g/mol. The maximum absolute atomic E-state index is 6.24. The van der Waals surface area contributed by atoms with Gasteiger partial charge in [-0.15, -0.1) is 0 Å². The van der Waals surface area contributed by atoms with E-state index in [0.29, 0.717) is 0 Å². The highest BCUT2D eigenvalue weighted by atomic mass is 16.7. The summed E-state index contributed by atoms with van der Waals surface area (Å²) in [5.41, 5.74) is 5.17. The van der Waals surface area contributed by atoms with Gasteiger partial charge in [-0.2, -0.15) is 0 Å². The van der Waals surface area contributed by atoms with Crippen LogP contribution in [0.25, 0.3) is 0 Å². The molecule has 0 saturated carbocycles. The van der Waals surface area contributed by atoms with E-state index in [1.165, 1.54) is 31.2 Å². The fourth-order valence-corrected chi connectivity index (χ4v) is 4.35. The maximum atomic E-state index is 6.24. The predicted molar refractivity (Wildman–Crippen MR) is 145 cm³/mol. The van der Waals surface area contributed by atoms with Crippen LogP contribution in [0.5, 0.6) is 0 Å². The van der Waals surface area contributed by atoms with Gasteiger partial charge in [0.05, 0.1) is 11.2 Å². The van der Waals surface area contributed by atoms with Gasteiger partial charge in [0.1, 0.15) is 0 Å². The molecule has 0 N–H and O–H groups in total. The molecule has 3 aromatic carbocycles. The van der Waals surface area contributed by atoms with E-state index in [4.69, 9.17) is 9.31 Å². The van der Waals surface area contributed by atoms with E-state index in [1.807, 2.05) is 0 Å². The van der Waals surface area contributed by atoms with Crippen LogP contribution in [-0.2, 0) is 15.7 Å². The lowest BCUT2D eigenvalue weighted by Crippen LogP contribution is -2.41. The van der Waals surface area contributed by atoms with Crippen LogP contribution in [0.2, 0.25) is 0 Å². The minimum atomic E-state index is -0.351. The summed E-state index contributed by atoms with van der Waals surface area (Å²) < 4.78 is 12.5. The average molecular weight is 455 g/mol. The van der Waals surface area contributed by atoms with Gasteiger partial charge in [0.15, 0.2) is 0 Å². The highest BCUT2D eigenvalue weighted by Gasteiger charge is 2.51. The van der Waals surface area contributed by atoms with Crippen LogP contribution in [-0.4, -0.2) is 18.3 Å². The molecule has 1 fully saturated rings. The van der Waals surface area contributed by atoms with Gasteiger partial charge in [-0.25, -0.2) is 0 Å². The Balaban J connectivity index is 1.57. The van der Waals surface area contributed by atoms with Crippen molar-refractivity contribution in [2.24, 2.45) is 0 Å². The average Bonchev–Trinajstić information content (AvgIpc) is 3.06. The predicted octanol–water partition coefficient (Wildman–Crippen LogP) is 7.58. The van der Waals surface area contributed by atoms with E-state index in [-0.39, 0.29) is 18.3 Å². The number of para-hydroxylation sites is 1. The van der Waals surface area contributed by atoms with Gasteiger partial charge in [0.2, 0.25) is 0 Å². The van der Waals surface area contributed by atoms with Crippen molar-refractivity contribution in [2.45, 2.75) is 77.9 Å². The van der Waals surface area contributed by atoms with Crippen LogP contribution in [0.3, 0.4) is 0 Å². The topological polar surface area (TPSA) is 21.7 Å². The van der Waals surface area contributed by atoms with Crippen LogP contribution in [0.15, 0.2) is 78.9 Å². The first-order valence-electron chi connectivity index (χ1n) is 12.7. The molecule has 178 valence electrons. The second kappa shape index (κ2) is 10.4. The number of hydrogen-bond donors (Lipinski definition) is 0. The lowest BCUT2D eigenvalue weighted by Gasteiger charge is -2.32. The summed E-state index contributed by atoms with van der Waals surface area (Å²) in [6.45, 7) is 10.6. The summed E-state index contributed by atoms with van der Waals surface area (Å²) in [5, 5.41) is 0. The molecule has 0 aliphatic carbocycles. The van der Waals surface area contributed by atoms with Crippen molar-refractivity contribution >= 4 is 29.6 Å². The van der Waals surface area contributed by atoms with E-state index in [1.54, 1.807) is 0 Å². The Labute approximate surface area is 206 Å². The van der Waals surface area contributed by atoms with Crippen LogP contribution in [0.4, 0.5) is 17.1 Å². The van der Waals surface area contributed by atoms with E-state index < -0.39 is 0 Å². The van der Waals surface area contributed by atoms with Crippen LogP contribution >= 0.6 is 0 Å². The Bertz CT molecular complexity index is 1030. The number of rotatable bonds is 9. The largest absolute Gasteiger partial charge is 0.494 e. The van der Waals surface area contributed by atoms with Gasteiger partial charge in [0, 0.05) is 17.1 Å². The number of nitrogens with zero attached hydrogens (tertiary/aromatic N) is 1. The van der Waals surface area contributed by atoms with Crippen LogP contribution in [0, 0.1) is 0 Å². The Morgan fingerprint density at radius 2 is 1.18 bits per heavy atom. The number of aryl methyl sites for hydroxylation is 1. The molecule has 3 nitrogen and oxygen atoms in total. The van der Waals surface area contributed by atoms with Crippen molar-refractivity contribution in [3.63, 3.8) is 0 Å². The zero-order chi connectivity index (χ0) is 24.2. The normalized spacial score (nSPS) is 16.6. The van der Waals surface area contributed by atoms with Crippen molar-refractivity contribution in [1.29, 1.82) is 0 Å². The minimum Gasteiger partial charge on any atom is -0.399 e. The molecule has 0 atom stereocenters. The van der Waals surface area contributed by atoms with Crippen molar-refractivity contribution in [3.05, 3.63) is 84.4 Å². The minimum absolute atomic E-state index is 0.343. The van der Waals surface area contributed by atoms with Crippen molar-refractivity contribution in [1.82, 2.24) is 0 Å². The quantitative estimate of drug-likeness (QED) is 0.245. The molecule has 0 bridgehead atoms. The molecule has 4 rings (SSSR count). The summed E-state index contributed by atoms with van der Waals surface area (Å²) in [7, 11) is -0.351. The Hall–Kier alpha value is -2.56. The van der Waals surface area contributed by atoms with Gasteiger partial charge < -0.3 is 14.2 Å². The summed E-state index contributed by atoms with van der Waals surface area (Å²) in [4.78, 5) is 2.30. The first-order chi connectivity index (χ1) is 16.3. The number of benzene rings is 3. The Morgan fingerprint density at radius 3 is 1.74 bits per heavy atom. The van der Waals surface area contributed by atoms with Crippen LogP contribution in [0.1, 0.15) is 65.9 Å².